The third-order valence-corrected chi connectivity index (χ3v) is 1.06. The highest BCUT2D eigenvalue weighted by molar-refractivity contribution is 6.40. The predicted molar refractivity (Wildman–Crippen MR) is 47.7 cm³/mol. The topological polar surface area (TPSA) is 46.2 Å². The van der Waals surface area contributed by atoms with Crippen LogP contribution >= 0.6 is 0 Å². The number of hydrogen-bond acceptors (Lipinski definition) is 2. The first-order valence-electron chi connectivity index (χ1n) is 3.93. The van der Waals surface area contributed by atoms with Gasteiger partial charge in [-0.1, -0.05) is 5.57 Å². The summed E-state index contributed by atoms with van der Waals surface area (Å²) in [6, 6.07) is 0.00649. The average Bonchev–Trinajstić information content (AvgIpc) is 1.84. The minimum absolute atomic E-state index is 0.00649. The van der Waals surface area contributed by atoms with Crippen molar-refractivity contribution in [3.63, 3.8) is 0 Å². The van der Waals surface area contributed by atoms with Crippen LogP contribution in [0.4, 0.5) is 0 Å². The fraction of sp³-hybridized carbons (Fsp3) is 0.556. The van der Waals surface area contributed by atoms with E-state index in [2.05, 4.69) is 5.32 Å². The van der Waals surface area contributed by atoms with Gasteiger partial charge in [0.25, 0.3) is 5.91 Å². The summed E-state index contributed by atoms with van der Waals surface area (Å²) in [5.74, 6) is -1.02. The van der Waals surface area contributed by atoms with E-state index in [1.54, 1.807) is 13.8 Å². The molecular weight excluding hydrogens is 154 g/mol. The Labute approximate surface area is 72.8 Å². The molecule has 0 aromatic carbocycles. The van der Waals surface area contributed by atoms with Crippen LogP contribution in [0.25, 0.3) is 0 Å². The van der Waals surface area contributed by atoms with Crippen LogP contribution < -0.4 is 5.32 Å². The van der Waals surface area contributed by atoms with Crippen molar-refractivity contribution in [1.82, 2.24) is 5.32 Å². The van der Waals surface area contributed by atoms with Gasteiger partial charge >= 0.3 is 0 Å². The van der Waals surface area contributed by atoms with Crippen LogP contribution in [0.15, 0.2) is 11.6 Å². The molecule has 0 heterocycles. The molecule has 0 unspecified atom stereocenters. The Hall–Kier alpha value is -1.12. The summed E-state index contributed by atoms with van der Waals surface area (Å²) in [6.07, 6.45) is 1.33. The van der Waals surface area contributed by atoms with Gasteiger partial charge in [-0.25, -0.2) is 0 Å². The summed E-state index contributed by atoms with van der Waals surface area (Å²) in [6.45, 7) is 7.18. The van der Waals surface area contributed by atoms with Gasteiger partial charge in [0.2, 0.25) is 5.78 Å². The van der Waals surface area contributed by atoms with Crippen molar-refractivity contribution < 1.29 is 9.59 Å². The van der Waals surface area contributed by atoms with Crippen molar-refractivity contribution in [3.05, 3.63) is 11.6 Å². The molecule has 12 heavy (non-hydrogen) atoms. The number of allylic oxidation sites excluding steroid dienone is 1. The molecule has 0 aliphatic carbocycles. The third kappa shape index (κ3) is 4.66. The molecule has 0 aromatic rings. The first-order chi connectivity index (χ1) is 5.43. The Balaban J connectivity index is 4.13. The van der Waals surface area contributed by atoms with E-state index in [0.29, 0.717) is 0 Å². The second-order valence-corrected chi connectivity index (χ2v) is 3.21. The van der Waals surface area contributed by atoms with E-state index in [1.165, 1.54) is 6.08 Å². The van der Waals surface area contributed by atoms with E-state index in [-0.39, 0.29) is 6.04 Å². The van der Waals surface area contributed by atoms with Crippen molar-refractivity contribution in [2.45, 2.75) is 33.7 Å². The van der Waals surface area contributed by atoms with Gasteiger partial charge in [0.15, 0.2) is 0 Å². The number of ketones is 1. The van der Waals surface area contributed by atoms with Crippen molar-refractivity contribution in [2.24, 2.45) is 0 Å². The molecule has 3 nitrogen and oxygen atoms in total. The second-order valence-electron chi connectivity index (χ2n) is 3.21. The molecule has 0 atom stereocenters. The maximum atomic E-state index is 11.0. The largest absolute Gasteiger partial charge is 0.347 e. The SMILES string of the molecule is CC(C)=CC(=O)C(=O)NC(C)C. The van der Waals surface area contributed by atoms with E-state index in [9.17, 15) is 9.59 Å². The number of amides is 1. The van der Waals surface area contributed by atoms with Crippen LogP contribution in [-0.2, 0) is 9.59 Å². The van der Waals surface area contributed by atoms with E-state index in [4.69, 9.17) is 0 Å². The highest BCUT2D eigenvalue weighted by atomic mass is 16.2. The van der Waals surface area contributed by atoms with Crippen LogP contribution in [0.5, 0.6) is 0 Å². The highest BCUT2D eigenvalue weighted by Gasteiger charge is 2.10. The maximum absolute atomic E-state index is 11.0. The molecule has 0 fully saturated rings. The van der Waals surface area contributed by atoms with Gasteiger partial charge in [-0.05, 0) is 33.8 Å². The van der Waals surface area contributed by atoms with Gasteiger partial charge < -0.3 is 5.32 Å². The van der Waals surface area contributed by atoms with Crippen molar-refractivity contribution >= 4 is 11.7 Å². The normalized spacial score (nSPS) is 9.42. The number of carbonyl (C=O) groups is 2. The molecule has 0 saturated carbocycles. The molecule has 0 aliphatic rings. The lowest BCUT2D eigenvalue weighted by Crippen LogP contribution is -2.35. The molecule has 0 aromatic heterocycles. The van der Waals surface area contributed by atoms with Gasteiger partial charge in [-0.15, -0.1) is 0 Å². The molecule has 68 valence electrons. The summed E-state index contributed by atoms with van der Waals surface area (Å²) < 4.78 is 0. The summed E-state index contributed by atoms with van der Waals surface area (Å²) in [5, 5.41) is 2.51. The summed E-state index contributed by atoms with van der Waals surface area (Å²) in [4.78, 5) is 22.0. The van der Waals surface area contributed by atoms with E-state index in [0.717, 1.165) is 5.57 Å². The van der Waals surface area contributed by atoms with Crippen LogP contribution in [0, 0.1) is 0 Å². The summed E-state index contributed by atoms with van der Waals surface area (Å²) in [7, 11) is 0. The van der Waals surface area contributed by atoms with Crippen LogP contribution in [-0.4, -0.2) is 17.7 Å². The Morgan fingerprint density at radius 3 is 2.08 bits per heavy atom. The fourth-order valence-corrected chi connectivity index (χ4v) is 0.661. The smallest absolute Gasteiger partial charge is 0.291 e. The number of carbonyl (C=O) groups excluding carboxylic acids is 2. The standard InChI is InChI=1S/C9H15NO2/c1-6(2)5-8(11)9(12)10-7(3)4/h5,7H,1-4H3,(H,10,12). The first kappa shape index (κ1) is 10.9. The molecule has 0 aliphatic heterocycles. The van der Waals surface area contributed by atoms with Gasteiger partial charge in [-0.2, -0.15) is 0 Å². The average molecular weight is 169 g/mol. The quantitative estimate of drug-likeness (QED) is 0.507. The summed E-state index contributed by atoms with van der Waals surface area (Å²) >= 11 is 0. The molecule has 0 radical (unpaired) electrons. The lowest BCUT2D eigenvalue weighted by Gasteiger charge is -2.04. The minimum Gasteiger partial charge on any atom is -0.347 e. The fourth-order valence-electron chi connectivity index (χ4n) is 0.661. The van der Waals surface area contributed by atoms with Gasteiger partial charge in [0.05, 0.1) is 0 Å². The Morgan fingerprint density at radius 2 is 1.75 bits per heavy atom. The molecule has 0 saturated heterocycles. The lowest BCUT2D eigenvalue weighted by molar-refractivity contribution is -0.135. The molecule has 0 rings (SSSR count). The molecule has 1 amide bonds. The van der Waals surface area contributed by atoms with Gasteiger partial charge in [0, 0.05) is 6.04 Å². The molecule has 0 bridgehead atoms. The summed E-state index contributed by atoms with van der Waals surface area (Å²) in [5.41, 5.74) is 0.832. The Kier molecular flexibility index (Phi) is 4.26. The maximum Gasteiger partial charge on any atom is 0.291 e. The van der Waals surface area contributed by atoms with Crippen LogP contribution in [0.2, 0.25) is 0 Å². The van der Waals surface area contributed by atoms with E-state index < -0.39 is 11.7 Å². The molecule has 1 N–H and O–H groups in total. The highest BCUT2D eigenvalue weighted by Crippen LogP contribution is 1.89. The van der Waals surface area contributed by atoms with Crippen LogP contribution in [0.1, 0.15) is 27.7 Å². The van der Waals surface area contributed by atoms with Crippen LogP contribution in [0.3, 0.4) is 0 Å². The van der Waals surface area contributed by atoms with Crippen molar-refractivity contribution in [3.8, 4) is 0 Å². The van der Waals surface area contributed by atoms with Gasteiger partial charge in [-0.3, -0.25) is 9.59 Å². The van der Waals surface area contributed by atoms with E-state index >= 15 is 0 Å². The Bertz CT molecular complexity index is 213. The zero-order chi connectivity index (χ0) is 9.72. The minimum atomic E-state index is -0.536. The third-order valence-electron chi connectivity index (χ3n) is 1.06. The zero-order valence-corrected chi connectivity index (χ0v) is 7.97. The first-order valence-corrected chi connectivity index (χ1v) is 3.93. The lowest BCUT2D eigenvalue weighted by atomic mass is 10.2. The van der Waals surface area contributed by atoms with Gasteiger partial charge in [0.1, 0.15) is 0 Å². The Morgan fingerprint density at radius 1 is 1.25 bits per heavy atom. The van der Waals surface area contributed by atoms with Crippen molar-refractivity contribution in [1.29, 1.82) is 0 Å². The predicted octanol–water partition coefficient (Wildman–Crippen LogP) is 1.05. The zero-order valence-electron chi connectivity index (χ0n) is 7.97. The monoisotopic (exact) mass is 169 g/mol. The molecular formula is C9H15NO2. The number of hydrogen-bond donors (Lipinski definition) is 1. The van der Waals surface area contributed by atoms with E-state index in [1.807, 2.05) is 13.8 Å². The van der Waals surface area contributed by atoms with Crippen molar-refractivity contribution in [2.75, 3.05) is 0 Å². The molecule has 0 spiro atoms. The number of nitrogens with one attached hydrogen (secondary N) is 1. The number of rotatable bonds is 3. The second kappa shape index (κ2) is 4.70. The molecule has 3 heteroatoms.